The number of carboxylic acid groups (broad SMARTS) is 2. The Morgan fingerprint density at radius 1 is 1.18 bits per heavy atom. The van der Waals surface area contributed by atoms with E-state index < -0.39 is 60.8 Å². The molecule has 1 aliphatic rings. The maximum Gasteiger partial charge on any atom is 0.326 e. The van der Waals surface area contributed by atoms with Gasteiger partial charge in [-0.1, -0.05) is 18.2 Å². The van der Waals surface area contributed by atoms with Crippen LogP contribution in [0.4, 0.5) is 0 Å². The Kier molecular flexibility index (Phi) is 7.84. The third-order valence-electron chi connectivity index (χ3n) is 5.71. The van der Waals surface area contributed by atoms with Gasteiger partial charge in [0.2, 0.25) is 17.7 Å². The van der Waals surface area contributed by atoms with Crippen molar-refractivity contribution in [3.63, 3.8) is 0 Å². The van der Waals surface area contributed by atoms with E-state index in [1.807, 2.05) is 24.3 Å². The van der Waals surface area contributed by atoms with Crippen LogP contribution < -0.4 is 16.4 Å². The number of carbonyl (C=O) groups is 5. The molecule has 0 radical (unpaired) electrons. The van der Waals surface area contributed by atoms with Crippen LogP contribution in [0, 0.1) is 0 Å². The standard InChI is InChI=1S/C22H27N5O7/c23-14(9-19(29)30)20(31)25-11-18(28)26-16(21(32)27-7-3-6-17(27)22(33)34)8-12-10-24-15-5-2-1-4-13(12)15/h1-2,4-5,10,14,16-17,24H,3,6-9,11,23H2,(H,25,31)(H,26,28)(H,29,30)(H,33,34). The first-order valence-electron chi connectivity index (χ1n) is 10.8. The molecule has 1 saturated heterocycles. The Bertz CT molecular complexity index is 1100. The van der Waals surface area contributed by atoms with Crippen molar-refractivity contribution < 1.29 is 34.2 Å². The number of hydrogen-bond donors (Lipinski definition) is 6. The summed E-state index contributed by atoms with van der Waals surface area (Å²) in [5.74, 6) is -4.40. The van der Waals surface area contributed by atoms with Crippen LogP contribution in [0.5, 0.6) is 0 Å². The topological polar surface area (TPSA) is 195 Å². The van der Waals surface area contributed by atoms with Gasteiger partial charge in [-0.15, -0.1) is 0 Å². The second-order valence-electron chi connectivity index (χ2n) is 8.13. The van der Waals surface area contributed by atoms with Crippen LogP contribution in [0.15, 0.2) is 30.5 Å². The minimum Gasteiger partial charge on any atom is -0.481 e. The highest BCUT2D eigenvalue weighted by atomic mass is 16.4. The summed E-state index contributed by atoms with van der Waals surface area (Å²) in [6.45, 7) is -0.261. The minimum atomic E-state index is -1.32. The number of nitrogens with one attached hydrogen (secondary N) is 3. The number of likely N-dealkylation sites (tertiary alicyclic amines) is 1. The molecule has 12 heteroatoms. The highest BCUT2D eigenvalue weighted by molar-refractivity contribution is 5.94. The van der Waals surface area contributed by atoms with Gasteiger partial charge in [-0.2, -0.15) is 0 Å². The Morgan fingerprint density at radius 2 is 1.91 bits per heavy atom. The fourth-order valence-corrected chi connectivity index (χ4v) is 4.03. The molecule has 0 spiro atoms. The summed E-state index contributed by atoms with van der Waals surface area (Å²) >= 11 is 0. The number of para-hydroxylation sites is 1. The van der Waals surface area contributed by atoms with Crippen LogP contribution in [0.1, 0.15) is 24.8 Å². The summed E-state index contributed by atoms with van der Waals surface area (Å²) < 4.78 is 0. The third-order valence-corrected chi connectivity index (χ3v) is 5.71. The van der Waals surface area contributed by atoms with Gasteiger partial charge in [-0.3, -0.25) is 19.2 Å². The zero-order valence-corrected chi connectivity index (χ0v) is 18.3. The first-order valence-corrected chi connectivity index (χ1v) is 10.8. The Labute approximate surface area is 194 Å². The van der Waals surface area contributed by atoms with Crippen molar-refractivity contribution in [2.24, 2.45) is 5.73 Å². The average Bonchev–Trinajstić information content (AvgIpc) is 3.44. The number of fused-ring (bicyclic) bond motifs is 1. The molecule has 3 atom stereocenters. The van der Waals surface area contributed by atoms with Gasteiger partial charge < -0.3 is 36.5 Å². The molecule has 0 bridgehead atoms. The summed E-state index contributed by atoms with van der Waals surface area (Å²) in [5.41, 5.74) is 7.08. The molecule has 1 aliphatic heterocycles. The predicted molar refractivity (Wildman–Crippen MR) is 120 cm³/mol. The highest BCUT2D eigenvalue weighted by Gasteiger charge is 2.38. The molecule has 0 aliphatic carbocycles. The number of benzene rings is 1. The molecule has 1 aromatic heterocycles. The van der Waals surface area contributed by atoms with Crippen LogP contribution >= 0.6 is 0 Å². The molecule has 2 aromatic rings. The molecule has 3 amide bonds. The number of H-pyrrole nitrogens is 1. The van der Waals surface area contributed by atoms with Gasteiger partial charge in [0.05, 0.1) is 19.0 Å². The SMILES string of the molecule is NC(CC(=O)O)C(=O)NCC(=O)NC(Cc1c[nH]c2ccccc12)C(=O)N1CCCC1C(=O)O. The number of aromatic amines is 1. The predicted octanol–water partition coefficient (Wildman–Crippen LogP) is -0.811. The smallest absolute Gasteiger partial charge is 0.326 e. The summed E-state index contributed by atoms with van der Waals surface area (Å²) in [5, 5.41) is 23.9. The Hall–Kier alpha value is -3.93. The Morgan fingerprint density at radius 3 is 2.62 bits per heavy atom. The van der Waals surface area contributed by atoms with Gasteiger partial charge in [0.1, 0.15) is 12.1 Å². The van der Waals surface area contributed by atoms with E-state index in [4.69, 9.17) is 10.8 Å². The number of nitrogens with zero attached hydrogens (tertiary/aromatic N) is 1. The molecule has 3 rings (SSSR count). The monoisotopic (exact) mass is 473 g/mol. The first-order chi connectivity index (χ1) is 16.2. The lowest BCUT2D eigenvalue weighted by Crippen LogP contribution is -2.54. The summed E-state index contributed by atoms with van der Waals surface area (Å²) in [6, 6.07) is 4.06. The number of aromatic nitrogens is 1. The van der Waals surface area contributed by atoms with E-state index in [1.54, 1.807) is 6.20 Å². The van der Waals surface area contributed by atoms with Crippen molar-refractivity contribution in [3.05, 3.63) is 36.0 Å². The van der Waals surface area contributed by atoms with Crippen molar-refractivity contribution in [2.75, 3.05) is 13.1 Å². The maximum atomic E-state index is 13.3. The highest BCUT2D eigenvalue weighted by Crippen LogP contribution is 2.22. The van der Waals surface area contributed by atoms with Crippen LogP contribution in [0.2, 0.25) is 0 Å². The number of hydrogen-bond acceptors (Lipinski definition) is 6. The third kappa shape index (κ3) is 5.90. The Balaban J connectivity index is 1.74. The van der Waals surface area contributed by atoms with E-state index in [9.17, 15) is 29.1 Å². The summed E-state index contributed by atoms with van der Waals surface area (Å²) in [4.78, 5) is 64.4. The van der Waals surface area contributed by atoms with Gasteiger partial charge in [-0.05, 0) is 24.5 Å². The van der Waals surface area contributed by atoms with Gasteiger partial charge in [0, 0.05) is 30.1 Å². The quantitative estimate of drug-likeness (QED) is 0.258. The molecule has 3 unspecified atom stereocenters. The lowest BCUT2D eigenvalue weighted by Gasteiger charge is -2.27. The van der Waals surface area contributed by atoms with Crippen molar-refractivity contribution in [1.82, 2.24) is 20.5 Å². The van der Waals surface area contributed by atoms with Crippen LogP contribution in [-0.2, 0) is 30.4 Å². The number of nitrogens with two attached hydrogens (primary N) is 1. The number of carbonyl (C=O) groups excluding carboxylic acids is 3. The van der Waals surface area contributed by atoms with Crippen molar-refractivity contribution in [1.29, 1.82) is 0 Å². The summed E-state index contributed by atoms with van der Waals surface area (Å²) in [7, 11) is 0. The molecule has 0 saturated carbocycles. The van der Waals surface area contributed by atoms with E-state index in [-0.39, 0.29) is 13.0 Å². The lowest BCUT2D eigenvalue weighted by atomic mass is 10.0. The lowest BCUT2D eigenvalue weighted by molar-refractivity contribution is -0.149. The van der Waals surface area contributed by atoms with Crippen LogP contribution in [-0.4, -0.2) is 81.0 Å². The summed E-state index contributed by atoms with van der Waals surface area (Å²) in [6.07, 6.45) is 2.09. The van der Waals surface area contributed by atoms with Crippen molar-refractivity contribution in [2.45, 2.75) is 43.8 Å². The second kappa shape index (κ2) is 10.8. The normalized spacial score (nSPS) is 17.2. The minimum absolute atomic E-state index is 0.101. The van der Waals surface area contributed by atoms with Crippen molar-refractivity contribution >= 4 is 40.6 Å². The van der Waals surface area contributed by atoms with Gasteiger partial charge in [-0.25, -0.2) is 4.79 Å². The second-order valence-corrected chi connectivity index (χ2v) is 8.13. The average molecular weight is 473 g/mol. The van der Waals surface area contributed by atoms with E-state index in [1.165, 1.54) is 4.90 Å². The molecule has 1 aromatic carbocycles. The van der Waals surface area contributed by atoms with E-state index in [2.05, 4.69) is 15.6 Å². The molecule has 182 valence electrons. The van der Waals surface area contributed by atoms with E-state index in [0.717, 1.165) is 16.5 Å². The zero-order valence-electron chi connectivity index (χ0n) is 18.3. The van der Waals surface area contributed by atoms with E-state index in [0.29, 0.717) is 12.8 Å². The maximum absolute atomic E-state index is 13.3. The number of rotatable bonds is 10. The molecule has 1 fully saturated rings. The largest absolute Gasteiger partial charge is 0.481 e. The van der Waals surface area contributed by atoms with Gasteiger partial charge in [0.15, 0.2) is 0 Å². The van der Waals surface area contributed by atoms with Crippen LogP contribution in [0.3, 0.4) is 0 Å². The molecular weight excluding hydrogens is 446 g/mol. The molecular formula is C22H27N5O7. The fourth-order valence-electron chi connectivity index (χ4n) is 4.03. The van der Waals surface area contributed by atoms with E-state index >= 15 is 0 Å². The number of carboxylic acids is 2. The molecule has 34 heavy (non-hydrogen) atoms. The zero-order chi connectivity index (χ0) is 24.8. The first kappa shape index (κ1) is 24.7. The van der Waals surface area contributed by atoms with Gasteiger partial charge in [0.25, 0.3) is 0 Å². The van der Waals surface area contributed by atoms with Gasteiger partial charge >= 0.3 is 11.9 Å². The molecule has 12 nitrogen and oxygen atoms in total. The molecule has 7 N–H and O–H groups in total. The number of amides is 3. The van der Waals surface area contributed by atoms with Crippen LogP contribution in [0.25, 0.3) is 10.9 Å². The fraction of sp³-hybridized carbons (Fsp3) is 0.409. The number of aliphatic carboxylic acids is 2. The molecule has 2 heterocycles. The van der Waals surface area contributed by atoms with Crippen molar-refractivity contribution in [3.8, 4) is 0 Å².